The Morgan fingerprint density at radius 1 is 1.78 bits per heavy atom. The minimum absolute atomic E-state index is 0.156. The zero-order valence-corrected chi connectivity index (χ0v) is 5.68. The molecule has 1 aliphatic rings. The summed E-state index contributed by atoms with van der Waals surface area (Å²) >= 11 is 0. The molecule has 0 atom stereocenters. The summed E-state index contributed by atoms with van der Waals surface area (Å²) < 4.78 is 0. The fraction of sp³-hybridized carbons (Fsp3) is 0.833. The zero-order chi connectivity index (χ0) is 6.69. The molecular formula is C6H12N2O. The Morgan fingerprint density at radius 2 is 2.56 bits per heavy atom. The maximum Gasteiger partial charge on any atom is 0.234 e. The topological polar surface area (TPSA) is 32.3 Å². The monoisotopic (exact) mass is 128 g/mol. The number of nitrogens with one attached hydrogen (secondary N) is 1. The van der Waals surface area contributed by atoms with Crippen LogP contribution in [0.1, 0.15) is 19.8 Å². The molecule has 1 N–H and O–H groups in total. The van der Waals surface area contributed by atoms with E-state index in [1.165, 1.54) is 0 Å². The third-order valence-electron chi connectivity index (χ3n) is 1.50. The van der Waals surface area contributed by atoms with E-state index in [2.05, 4.69) is 5.43 Å². The predicted octanol–water partition coefficient (Wildman–Crippen LogP) is 0.133. The van der Waals surface area contributed by atoms with Gasteiger partial charge in [0.25, 0.3) is 0 Å². The molecule has 0 saturated carbocycles. The number of hydrazine groups is 1. The lowest BCUT2D eigenvalue weighted by Gasteiger charge is -2.25. The van der Waals surface area contributed by atoms with Crippen LogP contribution in [0.15, 0.2) is 0 Å². The average Bonchev–Trinajstić information content (AvgIpc) is 1.88. The normalized spacial score (nSPS) is 21.7. The van der Waals surface area contributed by atoms with Crippen molar-refractivity contribution < 1.29 is 4.79 Å². The molecule has 1 aliphatic heterocycles. The molecule has 3 nitrogen and oxygen atoms in total. The molecule has 0 aromatic rings. The van der Waals surface area contributed by atoms with Crippen molar-refractivity contribution in [1.29, 1.82) is 0 Å². The number of carbonyl (C=O) groups excluding carboxylic acids is 1. The van der Waals surface area contributed by atoms with Gasteiger partial charge in [0, 0.05) is 19.5 Å². The van der Waals surface area contributed by atoms with Gasteiger partial charge in [-0.3, -0.25) is 10.2 Å². The molecule has 0 aliphatic carbocycles. The van der Waals surface area contributed by atoms with Gasteiger partial charge < -0.3 is 0 Å². The number of rotatable bonds is 1. The Labute approximate surface area is 55.0 Å². The highest BCUT2D eigenvalue weighted by Crippen LogP contribution is 1.98. The summed E-state index contributed by atoms with van der Waals surface area (Å²) in [6.07, 6.45) is 1.69. The highest BCUT2D eigenvalue weighted by Gasteiger charge is 2.12. The number of hydrogen-bond donors (Lipinski definition) is 1. The Bertz CT molecular complexity index is 114. The van der Waals surface area contributed by atoms with E-state index < -0.39 is 0 Å². The summed E-state index contributed by atoms with van der Waals surface area (Å²) in [5.41, 5.74) is 2.76. The lowest BCUT2D eigenvalue weighted by molar-refractivity contribution is -0.128. The first-order valence-corrected chi connectivity index (χ1v) is 3.37. The molecule has 3 heteroatoms. The average molecular weight is 128 g/mol. The maximum atomic E-state index is 10.7. The zero-order valence-electron chi connectivity index (χ0n) is 5.68. The number of hydrogen-bond acceptors (Lipinski definition) is 2. The van der Waals surface area contributed by atoms with E-state index in [-0.39, 0.29) is 5.91 Å². The van der Waals surface area contributed by atoms with Crippen molar-refractivity contribution >= 4 is 5.91 Å². The van der Waals surface area contributed by atoms with Crippen LogP contribution in [0.3, 0.4) is 0 Å². The quantitative estimate of drug-likeness (QED) is 0.544. The smallest absolute Gasteiger partial charge is 0.234 e. The Morgan fingerprint density at radius 3 is 3.00 bits per heavy atom. The van der Waals surface area contributed by atoms with Gasteiger partial charge in [-0.2, -0.15) is 0 Å². The van der Waals surface area contributed by atoms with E-state index in [1.54, 1.807) is 0 Å². The second-order valence-electron chi connectivity index (χ2n) is 2.22. The maximum absolute atomic E-state index is 10.7. The van der Waals surface area contributed by atoms with Gasteiger partial charge in [-0.25, -0.2) is 5.01 Å². The first-order chi connectivity index (χ1) is 4.33. The van der Waals surface area contributed by atoms with Gasteiger partial charge in [-0.05, 0) is 6.42 Å². The van der Waals surface area contributed by atoms with Gasteiger partial charge in [-0.15, -0.1) is 0 Å². The molecule has 1 rings (SSSR count). The van der Waals surface area contributed by atoms with Gasteiger partial charge in [0.2, 0.25) is 5.91 Å². The molecule has 0 spiro atoms. The van der Waals surface area contributed by atoms with E-state index in [0.717, 1.165) is 19.5 Å². The van der Waals surface area contributed by atoms with Crippen LogP contribution in [0.2, 0.25) is 0 Å². The largest absolute Gasteiger partial charge is 0.289 e. The van der Waals surface area contributed by atoms with Crippen molar-refractivity contribution in [3.05, 3.63) is 0 Å². The lowest BCUT2D eigenvalue weighted by atomic mass is 10.2. The van der Waals surface area contributed by atoms with Crippen molar-refractivity contribution in [1.82, 2.24) is 10.4 Å². The van der Waals surface area contributed by atoms with Gasteiger partial charge in [-0.1, -0.05) is 6.92 Å². The van der Waals surface area contributed by atoms with E-state index in [0.29, 0.717) is 6.42 Å². The van der Waals surface area contributed by atoms with E-state index in [1.807, 2.05) is 11.9 Å². The van der Waals surface area contributed by atoms with Crippen LogP contribution in [0.5, 0.6) is 0 Å². The molecule has 0 aromatic carbocycles. The molecule has 1 amide bonds. The van der Waals surface area contributed by atoms with Crippen LogP contribution in [-0.4, -0.2) is 24.0 Å². The minimum Gasteiger partial charge on any atom is -0.289 e. The van der Waals surface area contributed by atoms with Crippen LogP contribution in [0.4, 0.5) is 0 Å². The lowest BCUT2D eigenvalue weighted by Crippen LogP contribution is -2.46. The molecule has 0 bridgehead atoms. The van der Waals surface area contributed by atoms with Crippen molar-refractivity contribution in [2.75, 3.05) is 13.1 Å². The first-order valence-electron chi connectivity index (χ1n) is 3.37. The second-order valence-corrected chi connectivity index (χ2v) is 2.22. The third kappa shape index (κ3) is 1.68. The van der Waals surface area contributed by atoms with E-state index in [9.17, 15) is 4.79 Å². The second kappa shape index (κ2) is 2.82. The van der Waals surface area contributed by atoms with Gasteiger partial charge in [0.15, 0.2) is 0 Å². The minimum atomic E-state index is 0.156. The van der Waals surface area contributed by atoms with Crippen LogP contribution < -0.4 is 5.43 Å². The summed E-state index contributed by atoms with van der Waals surface area (Å²) in [6.45, 7) is 3.94. The fourth-order valence-corrected chi connectivity index (χ4v) is 0.956. The van der Waals surface area contributed by atoms with Crippen LogP contribution in [-0.2, 0) is 4.79 Å². The molecular weight excluding hydrogens is 116 g/mol. The Balaban J connectivity index is 2.32. The molecule has 1 fully saturated rings. The van der Waals surface area contributed by atoms with Gasteiger partial charge >= 0.3 is 0 Å². The molecule has 9 heavy (non-hydrogen) atoms. The summed E-state index contributed by atoms with van der Waals surface area (Å²) in [5, 5.41) is 1.94. The van der Waals surface area contributed by atoms with Gasteiger partial charge in [0.05, 0.1) is 0 Å². The van der Waals surface area contributed by atoms with Crippen LogP contribution in [0, 0.1) is 0 Å². The standard InChI is InChI=1S/C6H12N2O/c1-2-8-5-3-4-6(9)7-8/h2-5H2,1H3,(H,7,9). The summed E-state index contributed by atoms with van der Waals surface area (Å²) in [7, 11) is 0. The molecule has 0 aromatic heterocycles. The van der Waals surface area contributed by atoms with Crippen molar-refractivity contribution in [2.24, 2.45) is 0 Å². The van der Waals surface area contributed by atoms with Crippen molar-refractivity contribution in [2.45, 2.75) is 19.8 Å². The predicted molar refractivity (Wildman–Crippen MR) is 34.6 cm³/mol. The van der Waals surface area contributed by atoms with E-state index in [4.69, 9.17) is 0 Å². The molecule has 1 saturated heterocycles. The van der Waals surface area contributed by atoms with Crippen LogP contribution >= 0.6 is 0 Å². The summed E-state index contributed by atoms with van der Waals surface area (Å²) in [4.78, 5) is 10.7. The Kier molecular flexibility index (Phi) is 2.05. The first kappa shape index (κ1) is 6.55. The third-order valence-corrected chi connectivity index (χ3v) is 1.50. The molecule has 0 radical (unpaired) electrons. The van der Waals surface area contributed by atoms with Crippen molar-refractivity contribution in [3.8, 4) is 0 Å². The highest BCUT2D eigenvalue weighted by atomic mass is 16.2. The summed E-state index contributed by atoms with van der Waals surface area (Å²) in [6, 6.07) is 0. The van der Waals surface area contributed by atoms with E-state index >= 15 is 0 Å². The number of amides is 1. The van der Waals surface area contributed by atoms with Crippen molar-refractivity contribution in [3.63, 3.8) is 0 Å². The molecule has 52 valence electrons. The van der Waals surface area contributed by atoms with Gasteiger partial charge in [0.1, 0.15) is 0 Å². The highest BCUT2D eigenvalue weighted by molar-refractivity contribution is 5.75. The fourth-order valence-electron chi connectivity index (χ4n) is 0.956. The Hall–Kier alpha value is -0.570. The molecule has 1 heterocycles. The SMILES string of the molecule is CCN1CCCC(=O)N1. The molecule has 0 unspecified atom stereocenters. The number of carbonyl (C=O) groups is 1. The summed E-state index contributed by atoms with van der Waals surface area (Å²) in [5.74, 6) is 0.156. The van der Waals surface area contributed by atoms with Crippen LogP contribution in [0.25, 0.3) is 0 Å². The number of nitrogens with zero attached hydrogens (tertiary/aromatic N) is 1.